The molecule has 148 valence electrons. The molecule has 7 N–H and O–H groups in total. The maximum Gasteiger partial charge on any atom is 0.211 e. The summed E-state index contributed by atoms with van der Waals surface area (Å²) in [6, 6.07) is 4.53. The minimum Gasteiger partial charge on any atom is -0.506 e. The Labute approximate surface area is 172 Å². The number of halogens is 1. The summed E-state index contributed by atoms with van der Waals surface area (Å²) in [5.74, 6) is 0.0948. The Morgan fingerprint density at radius 2 is 1.97 bits per heavy atom. The van der Waals surface area contributed by atoms with Gasteiger partial charge in [-0.05, 0) is 23.1 Å². The predicted octanol–water partition coefficient (Wildman–Crippen LogP) is 2.72. The number of nitriles is 2. The number of phenolic OH excluding ortho intramolecular Hbond substituents is 1. The van der Waals surface area contributed by atoms with E-state index in [0.717, 1.165) is 5.56 Å². The molecule has 0 bridgehead atoms. The third-order valence-corrected chi connectivity index (χ3v) is 4.90. The highest BCUT2D eigenvalue weighted by Crippen LogP contribution is 2.46. The number of nitrogen functional groups attached to an aromatic ring is 2. The monoisotopic (exact) mass is 410 g/mol. The number of benzene rings is 1. The lowest BCUT2D eigenvalue weighted by Crippen LogP contribution is -2.33. The van der Waals surface area contributed by atoms with Crippen molar-refractivity contribution in [1.82, 2.24) is 10.3 Å². The van der Waals surface area contributed by atoms with Crippen molar-refractivity contribution in [2.24, 2.45) is 4.99 Å². The second-order valence-corrected chi connectivity index (χ2v) is 7.95. The van der Waals surface area contributed by atoms with Crippen LogP contribution in [0.15, 0.2) is 17.1 Å². The fourth-order valence-electron chi connectivity index (χ4n) is 3.07. The summed E-state index contributed by atoms with van der Waals surface area (Å²) in [6.07, 6.45) is 1.78. The van der Waals surface area contributed by atoms with Crippen LogP contribution in [0.2, 0.25) is 5.02 Å². The number of hydrogen-bond donors (Lipinski definition) is 5. The number of nitrogens with one attached hydrogen (secondary N) is 2. The molecule has 10 heteroatoms. The van der Waals surface area contributed by atoms with Crippen molar-refractivity contribution in [3.05, 3.63) is 39.4 Å². The Morgan fingerprint density at radius 3 is 2.55 bits per heavy atom. The number of anilines is 3. The fraction of sp³-hybridized carbons (Fsp3) is 0.263. The van der Waals surface area contributed by atoms with Crippen LogP contribution in [0.4, 0.5) is 17.3 Å². The van der Waals surface area contributed by atoms with Crippen molar-refractivity contribution < 1.29 is 5.11 Å². The van der Waals surface area contributed by atoms with Gasteiger partial charge in [0, 0.05) is 11.1 Å². The van der Waals surface area contributed by atoms with Crippen molar-refractivity contribution in [3.63, 3.8) is 0 Å². The highest BCUT2D eigenvalue weighted by atomic mass is 35.5. The lowest BCUT2D eigenvalue weighted by Gasteiger charge is -2.28. The molecule has 2 heterocycles. The lowest BCUT2D eigenvalue weighted by atomic mass is 9.84. The Kier molecular flexibility index (Phi) is 4.87. The van der Waals surface area contributed by atoms with E-state index in [1.807, 2.05) is 26.8 Å². The Morgan fingerprint density at radius 1 is 1.28 bits per heavy atom. The zero-order valence-corrected chi connectivity index (χ0v) is 16.8. The van der Waals surface area contributed by atoms with E-state index in [4.69, 9.17) is 28.3 Å². The second kappa shape index (κ2) is 7.04. The molecule has 0 aliphatic carbocycles. The van der Waals surface area contributed by atoms with E-state index in [0.29, 0.717) is 11.1 Å². The zero-order valence-electron chi connectivity index (χ0n) is 16.0. The molecular weight excluding hydrogens is 392 g/mol. The van der Waals surface area contributed by atoms with E-state index in [1.165, 1.54) is 0 Å². The minimum absolute atomic E-state index is 0.0139. The molecule has 1 aliphatic rings. The van der Waals surface area contributed by atoms with Crippen LogP contribution in [0.25, 0.3) is 0 Å². The SMILES string of the molecule is CC(C)(C)c1cc(Cl)c(O)c(C2N=C(NC#N)Nc3nc(N)c(C#N)c(N)c32)c1. The maximum atomic E-state index is 10.7. The third kappa shape index (κ3) is 3.44. The lowest BCUT2D eigenvalue weighted by molar-refractivity contribution is 0.464. The van der Waals surface area contributed by atoms with Gasteiger partial charge in [0.05, 0.1) is 10.7 Å². The highest BCUT2D eigenvalue weighted by molar-refractivity contribution is 6.32. The van der Waals surface area contributed by atoms with Crippen LogP contribution in [-0.2, 0) is 5.41 Å². The molecule has 29 heavy (non-hydrogen) atoms. The Bertz CT molecular complexity index is 1120. The molecule has 2 aromatic rings. The molecule has 0 spiro atoms. The molecule has 1 unspecified atom stereocenters. The third-order valence-electron chi connectivity index (χ3n) is 4.61. The number of hydrogen-bond acceptors (Lipinski definition) is 9. The number of nitrogens with two attached hydrogens (primary N) is 2. The highest BCUT2D eigenvalue weighted by Gasteiger charge is 2.32. The van der Waals surface area contributed by atoms with Crippen molar-refractivity contribution in [2.45, 2.75) is 32.2 Å². The second-order valence-electron chi connectivity index (χ2n) is 7.55. The molecule has 0 saturated heterocycles. The number of pyridine rings is 1. The molecule has 1 atom stereocenters. The van der Waals surface area contributed by atoms with E-state index < -0.39 is 6.04 Å². The quantitative estimate of drug-likeness (QED) is 0.353. The van der Waals surface area contributed by atoms with Gasteiger partial charge >= 0.3 is 0 Å². The van der Waals surface area contributed by atoms with Crippen molar-refractivity contribution >= 4 is 34.9 Å². The van der Waals surface area contributed by atoms with Crippen LogP contribution in [0.1, 0.15) is 49.1 Å². The first kappa shape index (κ1) is 20.1. The molecule has 1 aromatic carbocycles. The number of rotatable bonds is 1. The van der Waals surface area contributed by atoms with Crippen molar-refractivity contribution in [2.75, 3.05) is 16.8 Å². The molecule has 9 nitrogen and oxygen atoms in total. The van der Waals surface area contributed by atoms with Crippen LogP contribution in [-0.4, -0.2) is 16.1 Å². The molecular formula is C19H19ClN8O. The normalized spacial score (nSPS) is 15.4. The summed E-state index contributed by atoms with van der Waals surface area (Å²) in [5, 5.41) is 34.5. The van der Waals surface area contributed by atoms with Crippen LogP contribution in [0.3, 0.4) is 0 Å². The molecule has 0 amide bonds. The van der Waals surface area contributed by atoms with E-state index in [-0.39, 0.29) is 45.0 Å². The van der Waals surface area contributed by atoms with Gasteiger partial charge in [-0.1, -0.05) is 32.4 Å². The van der Waals surface area contributed by atoms with Crippen LogP contribution in [0.5, 0.6) is 5.75 Å². The summed E-state index contributed by atoms with van der Waals surface area (Å²) in [6.45, 7) is 6.02. The average molecular weight is 411 g/mol. The minimum atomic E-state index is -0.873. The number of aromatic hydroxyl groups is 1. The summed E-state index contributed by atoms with van der Waals surface area (Å²) < 4.78 is 0. The summed E-state index contributed by atoms with van der Waals surface area (Å²) in [4.78, 5) is 8.65. The van der Waals surface area contributed by atoms with Gasteiger partial charge in [0.2, 0.25) is 5.96 Å². The van der Waals surface area contributed by atoms with Gasteiger partial charge in [-0.15, -0.1) is 0 Å². The summed E-state index contributed by atoms with van der Waals surface area (Å²) in [7, 11) is 0. The number of fused-ring (bicyclic) bond motifs is 1. The van der Waals surface area contributed by atoms with Crippen molar-refractivity contribution in [1.29, 1.82) is 10.5 Å². The van der Waals surface area contributed by atoms with E-state index in [9.17, 15) is 10.4 Å². The number of guanidine groups is 1. The number of nitrogens with zero attached hydrogens (tertiary/aromatic N) is 4. The van der Waals surface area contributed by atoms with Gasteiger partial charge in [0.1, 0.15) is 35.1 Å². The van der Waals surface area contributed by atoms with Gasteiger partial charge < -0.3 is 21.9 Å². The van der Waals surface area contributed by atoms with E-state index in [2.05, 4.69) is 20.6 Å². The average Bonchev–Trinajstić information content (AvgIpc) is 2.62. The fourth-order valence-corrected chi connectivity index (χ4v) is 3.29. The standard InChI is InChI=1S/C19H19ClN8O/c1-19(2,3)8-4-9(15(29)11(20)5-8)14-12-13(23)10(6-21)16(24)27-17(12)28-18(26-14)25-7-22/h4-5,14,29H,1-3H3,(H6,23,24,25,26,27,28). The predicted molar refractivity (Wildman–Crippen MR) is 111 cm³/mol. The Hall–Kier alpha value is -3.69. The van der Waals surface area contributed by atoms with Gasteiger partial charge in [0.15, 0.2) is 6.19 Å². The maximum absolute atomic E-state index is 10.7. The largest absolute Gasteiger partial charge is 0.506 e. The zero-order chi connectivity index (χ0) is 21.5. The topological polar surface area (TPSA) is 169 Å². The van der Waals surface area contributed by atoms with Crippen LogP contribution >= 0.6 is 11.6 Å². The van der Waals surface area contributed by atoms with Gasteiger partial charge in [-0.25, -0.2) is 9.98 Å². The van der Waals surface area contributed by atoms with E-state index in [1.54, 1.807) is 18.3 Å². The number of aliphatic imine (C=N–C) groups is 1. The summed E-state index contributed by atoms with van der Waals surface area (Å²) in [5.41, 5.74) is 13.5. The van der Waals surface area contributed by atoms with Crippen LogP contribution < -0.4 is 22.1 Å². The van der Waals surface area contributed by atoms with Gasteiger partial charge in [0.25, 0.3) is 0 Å². The summed E-state index contributed by atoms with van der Waals surface area (Å²) >= 11 is 6.29. The van der Waals surface area contributed by atoms with Gasteiger partial charge in [-0.2, -0.15) is 10.5 Å². The molecule has 1 aromatic heterocycles. The molecule has 3 rings (SSSR count). The first-order valence-corrected chi connectivity index (χ1v) is 8.98. The molecule has 0 saturated carbocycles. The number of phenols is 1. The molecule has 0 radical (unpaired) electrons. The Balaban J connectivity index is 2.34. The smallest absolute Gasteiger partial charge is 0.211 e. The van der Waals surface area contributed by atoms with Crippen molar-refractivity contribution in [3.8, 4) is 18.0 Å². The van der Waals surface area contributed by atoms with E-state index >= 15 is 0 Å². The number of aromatic nitrogens is 1. The molecule has 0 fully saturated rings. The molecule has 1 aliphatic heterocycles. The van der Waals surface area contributed by atoms with Gasteiger partial charge in [-0.3, -0.25) is 5.32 Å². The first-order chi connectivity index (χ1) is 13.6. The van der Waals surface area contributed by atoms with Crippen LogP contribution in [0, 0.1) is 22.8 Å². The first-order valence-electron chi connectivity index (χ1n) is 8.60.